The first-order valence-electron chi connectivity index (χ1n) is 10.6. The van der Waals surface area contributed by atoms with E-state index in [-0.39, 0.29) is 0 Å². The Morgan fingerprint density at radius 2 is 1.43 bits per heavy atom. The number of aryl methyl sites for hydroxylation is 4. The largest absolute Gasteiger partial charge is 0.481 e. The van der Waals surface area contributed by atoms with Crippen molar-refractivity contribution in [3.8, 4) is 0 Å². The van der Waals surface area contributed by atoms with Crippen LogP contribution < -0.4 is 0 Å². The van der Waals surface area contributed by atoms with Gasteiger partial charge in [0, 0.05) is 0 Å². The number of benzene rings is 1. The molecule has 0 spiro atoms. The average Bonchev–Trinajstić information content (AvgIpc) is 3.40. The number of carboxylic acid groups (broad SMARTS) is 2. The maximum atomic E-state index is 11.3. The van der Waals surface area contributed by atoms with Crippen molar-refractivity contribution in [3.05, 3.63) is 34.4 Å². The minimum atomic E-state index is -0.728. The lowest BCUT2D eigenvalue weighted by molar-refractivity contribution is -0.147. The summed E-state index contributed by atoms with van der Waals surface area (Å²) in [7, 11) is 0. The number of rotatable bonds is 12. The normalized spacial score (nSPS) is 15.4. The summed E-state index contributed by atoms with van der Waals surface area (Å²) >= 11 is 0. The molecular formula is C24H36O4. The van der Waals surface area contributed by atoms with Crippen LogP contribution in [0.15, 0.2) is 12.1 Å². The molecule has 0 radical (unpaired) electrons. The fourth-order valence-corrected chi connectivity index (χ4v) is 3.89. The van der Waals surface area contributed by atoms with E-state index in [4.69, 9.17) is 0 Å². The van der Waals surface area contributed by atoms with Crippen LogP contribution in [0.2, 0.25) is 0 Å². The minimum absolute atomic E-state index is 0.414. The van der Waals surface area contributed by atoms with Gasteiger partial charge in [-0.1, -0.05) is 25.0 Å². The second-order valence-corrected chi connectivity index (χ2v) is 9.39. The van der Waals surface area contributed by atoms with Crippen LogP contribution in [0.1, 0.15) is 87.5 Å². The number of carboxylic acids is 2. The third kappa shape index (κ3) is 5.83. The van der Waals surface area contributed by atoms with Gasteiger partial charge < -0.3 is 10.2 Å². The van der Waals surface area contributed by atoms with E-state index in [1.165, 1.54) is 22.3 Å². The number of hydrogen-bond donors (Lipinski definition) is 2. The highest BCUT2D eigenvalue weighted by atomic mass is 16.4. The van der Waals surface area contributed by atoms with E-state index >= 15 is 0 Å². The van der Waals surface area contributed by atoms with Gasteiger partial charge in [-0.2, -0.15) is 0 Å². The molecule has 0 unspecified atom stereocenters. The predicted octanol–water partition coefficient (Wildman–Crippen LogP) is 5.70. The van der Waals surface area contributed by atoms with Gasteiger partial charge in [0.25, 0.3) is 0 Å². The molecule has 1 aliphatic carbocycles. The Kier molecular flexibility index (Phi) is 7.30. The minimum Gasteiger partial charge on any atom is -0.481 e. The van der Waals surface area contributed by atoms with Crippen LogP contribution in [0.3, 0.4) is 0 Å². The summed E-state index contributed by atoms with van der Waals surface area (Å²) < 4.78 is 0. The van der Waals surface area contributed by atoms with Crippen molar-refractivity contribution < 1.29 is 19.8 Å². The summed E-state index contributed by atoms with van der Waals surface area (Å²) in [5.41, 5.74) is 4.27. The van der Waals surface area contributed by atoms with Crippen LogP contribution in [0, 0.1) is 24.7 Å². The van der Waals surface area contributed by atoms with Gasteiger partial charge in [0.15, 0.2) is 0 Å². The summed E-state index contributed by atoms with van der Waals surface area (Å²) in [6.07, 6.45) is 9.03. The molecule has 0 aromatic heterocycles. The molecule has 1 aromatic rings. The summed E-state index contributed by atoms with van der Waals surface area (Å²) in [5, 5.41) is 18.6. The van der Waals surface area contributed by atoms with E-state index in [9.17, 15) is 19.8 Å². The summed E-state index contributed by atoms with van der Waals surface area (Å²) in [6, 6.07) is 4.57. The molecule has 28 heavy (non-hydrogen) atoms. The number of unbranched alkanes of at least 4 members (excludes halogenated alkanes) is 2. The number of carbonyl (C=O) groups is 2. The summed E-state index contributed by atoms with van der Waals surface area (Å²) in [4.78, 5) is 22.6. The molecule has 1 aliphatic rings. The highest BCUT2D eigenvalue weighted by Crippen LogP contribution is 2.50. The van der Waals surface area contributed by atoms with Gasteiger partial charge in [0.05, 0.1) is 10.8 Å². The zero-order valence-electron chi connectivity index (χ0n) is 17.9. The fourth-order valence-electron chi connectivity index (χ4n) is 3.89. The maximum absolute atomic E-state index is 11.3. The van der Waals surface area contributed by atoms with E-state index < -0.39 is 22.8 Å². The molecule has 1 fully saturated rings. The molecule has 0 atom stereocenters. The van der Waals surface area contributed by atoms with Crippen LogP contribution in [0.5, 0.6) is 0 Å². The number of hydrogen-bond acceptors (Lipinski definition) is 2. The first-order valence-corrected chi connectivity index (χ1v) is 10.6. The van der Waals surface area contributed by atoms with Gasteiger partial charge in [-0.3, -0.25) is 9.59 Å². The Balaban J connectivity index is 1.88. The molecule has 156 valence electrons. The van der Waals surface area contributed by atoms with Crippen molar-refractivity contribution in [1.82, 2.24) is 0 Å². The Morgan fingerprint density at radius 1 is 0.929 bits per heavy atom. The molecule has 4 nitrogen and oxygen atoms in total. The van der Waals surface area contributed by atoms with Crippen molar-refractivity contribution in [2.75, 3.05) is 0 Å². The van der Waals surface area contributed by atoms with E-state index in [1.807, 2.05) is 0 Å². The molecule has 1 saturated carbocycles. The topological polar surface area (TPSA) is 74.6 Å². The van der Waals surface area contributed by atoms with Crippen molar-refractivity contribution in [2.45, 2.75) is 91.9 Å². The molecule has 4 heteroatoms. The average molecular weight is 389 g/mol. The number of aliphatic carboxylic acids is 2. The first-order chi connectivity index (χ1) is 13.1. The molecule has 0 amide bonds. The highest BCUT2D eigenvalue weighted by molar-refractivity contribution is 5.77. The second-order valence-electron chi connectivity index (χ2n) is 9.39. The Hall–Kier alpha value is -1.84. The molecule has 0 saturated heterocycles. The lowest BCUT2D eigenvalue weighted by atomic mass is 9.86. The molecule has 0 heterocycles. The van der Waals surface area contributed by atoms with Gasteiger partial charge in [-0.05, 0) is 101 Å². The summed E-state index contributed by atoms with van der Waals surface area (Å²) in [6.45, 7) is 7.86. The van der Waals surface area contributed by atoms with E-state index in [2.05, 4.69) is 26.0 Å². The molecule has 0 bridgehead atoms. The maximum Gasteiger partial charge on any atom is 0.309 e. The first kappa shape index (κ1) is 22.4. The van der Waals surface area contributed by atoms with Gasteiger partial charge in [0.1, 0.15) is 0 Å². The highest BCUT2D eigenvalue weighted by Gasteiger charge is 2.49. The lowest BCUT2D eigenvalue weighted by Crippen LogP contribution is -2.23. The smallest absolute Gasteiger partial charge is 0.309 e. The van der Waals surface area contributed by atoms with Crippen molar-refractivity contribution >= 4 is 11.9 Å². The van der Waals surface area contributed by atoms with Gasteiger partial charge >= 0.3 is 11.9 Å². The lowest BCUT2D eigenvalue weighted by Gasteiger charge is -2.19. The van der Waals surface area contributed by atoms with Gasteiger partial charge in [-0.15, -0.1) is 0 Å². The second kappa shape index (κ2) is 9.11. The van der Waals surface area contributed by atoms with E-state index in [0.717, 1.165) is 57.8 Å². The van der Waals surface area contributed by atoms with Gasteiger partial charge in [-0.25, -0.2) is 0 Å². The Labute approximate surface area is 169 Å². The van der Waals surface area contributed by atoms with Crippen LogP contribution in [0.4, 0.5) is 0 Å². The Morgan fingerprint density at radius 3 is 1.86 bits per heavy atom. The van der Waals surface area contributed by atoms with Crippen LogP contribution in [0.25, 0.3) is 0 Å². The van der Waals surface area contributed by atoms with Crippen LogP contribution in [-0.2, 0) is 22.4 Å². The third-order valence-electron chi connectivity index (χ3n) is 6.55. The van der Waals surface area contributed by atoms with E-state index in [1.54, 1.807) is 13.8 Å². The molecule has 2 N–H and O–H groups in total. The quantitative estimate of drug-likeness (QED) is 0.450. The molecule has 0 aliphatic heterocycles. The van der Waals surface area contributed by atoms with Crippen molar-refractivity contribution in [1.29, 1.82) is 0 Å². The van der Waals surface area contributed by atoms with Crippen molar-refractivity contribution in [2.24, 2.45) is 10.8 Å². The van der Waals surface area contributed by atoms with Crippen LogP contribution in [-0.4, -0.2) is 22.2 Å². The molecular weight excluding hydrogens is 352 g/mol. The zero-order chi connectivity index (χ0) is 20.9. The predicted molar refractivity (Wildman–Crippen MR) is 112 cm³/mol. The molecule has 2 rings (SSSR count). The van der Waals surface area contributed by atoms with Crippen LogP contribution >= 0.6 is 0 Å². The van der Waals surface area contributed by atoms with Crippen molar-refractivity contribution in [3.63, 3.8) is 0 Å². The fraction of sp³-hybridized carbons (Fsp3) is 0.667. The van der Waals surface area contributed by atoms with Gasteiger partial charge in [0.2, 0.25) is 0 Å². The standard InChI is InChI=1S/C24H36O4/c1-17-15-19(9-5-7-11-23(3,4)21(25)26)20(16-18(17)2)10-6-8-12-24(13-14-24)22(27)28/h15-16H,5-14H2,1-4H3,(H,25,26)(H,27,28). The zero-order valence-corrected chi connectivity index (χ0v) is 17.9. The van der Waals surface area contributed by atoms with E-state index in [0.29, 0.717) is 6.42 Å². The monoisotopic (exact) mass is 388 g/mol. The SMILES string of the molecule is Cc1cc(CCCCC(C)(C)C(=O)O)c(CCCCC2(C(=O)O)CC2)cc1C. The summed E-state index contributed by atoms with van der Waals surface area (Å²) in [5.74, 6) is -1.35. The molecule has 1 aromatic carbocycles. The Bertz CT molecular complexity index is 665. The third-order valence-corrected chi connectivity index (χ3v) is 6.55.